The lowest BCUT2D eigenvalue weighted by molar-refractivity contribution is 0.274. The Hall–Kier alpha value is -3.84. The van der Waals surface area contributed by atoms with Gasteiger partial charge in [-0.3, -0.25) is 0 Å². The summed E-state index contributed by atoms with van der Waals surface area (Å²) in [6.45, 7) is 1.68. The van der Waals surface area contributed by atoms with Gasteiger partial charge in [0.1, 0.15) is 6.61 Å². The number of aliphatic hydroxyl groups is 1. The first-order valence-electron chi connectivity index (χ1n) is 10.9. The Labute approximate surface area is 200 Å². The lowest BCUT2D eigenvalue weighted by Gasteiger charge is -2.12. The van der Waals surface area contributed by atoms with Crippen LogP contribution in [0.2, 0.25) is 0 Å². The van der Waals surface area contributed by atoms with Crippen molar-refractivity contribution in [1.29, 1.82) is 0 Å². The van der Waals surface area contributed by atoms with Gasteiger partial charge in [0.25, 0.3) is 0 Å². The molecule has 4 rings (SSSR count). The van der Waals surface area contributed by atoms with Crippen molar-refractivity contribution in [3.05, 3.63) is 107 Å². The molecule has 0 heterocycles. The van der Waals surface area contributed by atoms with Crippen LogP contribution in [-0.2, 0) is 13.2 Å². The maximum Gasteiger partial charge on any atom is 0.204 e. The molecule has 4 aromatic carbocycles. The van der Waals surface area contributed by atoms with E-state index in [-0.39, 0.29) is 42.4 Å². The molecule has 35 heavy (non-hydrogen) atoms. The second-order valence-corrected chi connectivity index (χ2v) is 7.75. The first-order chi connectivity index (χ1) is 16.9. The maximum atomic E-state index is 14.9. The Morgan fingerprint density at radius 2 is 1.03 bits per heavy atom. The fourth-order valence-corrected chi connectivity index (χ4v) is 3.62. The van der Waals surface area contributed by atoms with Gasteiger partial charge in [-0.1, -0.05) is 60.7 Å². The van der Waals surface area contributed by atoms with Gasteiger partial charge in [-0.15, -0.1) is 0 Å². The Balaban J connectivity index is 1.50. The minimum atomic E-state index is -1.14. The molecule has 0 aromatic heterocycles. The monoisotopic (exact) mass is 482 g/mol. The van der Waals surface area contributed by atoms with E-state index < -0.39 is 23.3 Å². The number of ether oxygens (including phenoxy) is 2. The van der Waals surface area contributed by atoms with Crippen LogP contribution < -0.4 is 9.47 Å². The maximum absolute atomic E-state index is 14.9. The average Bonchev–Trinajstić information content (AvgIpc) is 2.88. The molecule has 0 fully saturated rings. The molecule has 7 heteroatoms. The highest BCUT2D eigenvalue weighted by atomic mass is 19.2. The summed E-state index contributed by atoms with van der Waals surface area (Å²) in [7, 11) is 0. The molecule has 0 bridgehead atoms. The van der Waals surface area contributed by atoms with E-state index in [4.69, 9.17) is 14.6 Å². The van der Waals surface area contributed by atoms with Crippen LogP contribution in [0.15, 0.2) is 72.8 Å². The average molecular weight is 482 g/mol. The van der Waals surface area contributed by atoms with Crippen molar-refractivity contribution >= 4 is 0 Å². The van der Waals surface area contributed by atoms with Crippen LogP contribution >= 0.6 is 0 Å². The first-order valence-corrected chi connectivity index (χ1v) is 10.9. The van der Waals surface area contributed by atoms with Crippen molar-refractivity contribution in [3.63, 3.8) is 0 Å². The second kappa shape index (κ2) is 10.6. The molecule has 3 nitrogen and oxygen atoms in total. The quantitative estimate of drug-likeness (QED) is 0.274. The number of benzene rings is 4. The fourth-order valence-electron chi connectivity index (χ4n) is 3.62. The summed E-state index contributed by atoms with van der Waals surface area (Å²) in [6.07, 6.45) is 0. The highest BCUT2D eigenvalue weighted by Gasteiger charge is 2.17. The number of hydrogen-bond donors (Lipinski definition) is 1. The third-order valence-electron chi connectivity index (χ3n) is 5.50. The van der Waals surface area contributed by atoms with E-state index >= 15 is 0 Å². The number of halogens is 4. The zero-order valence-electron chi connectivity index (χ0n) is 18.8. The van der Waals surface area contributed by atoms with E-state index in [1.807, 2.05) is 0 Å². The summed E-state index contributed by atoms with van der Waals surface area (Å²) in [5.74, 6) is -4.67. The molecule has 0 aliphatic rings. The third kappa shape index (κ3) is 5.15. The first kappa shape index (κ1) is 24.3. The Morgan fingerprint density at radius 3 is 1.49 bits per heavy atom. The van der Waals surface area contributed by atoms with Gasteiger partial charge in [0.2, 0.25) is 11.6 Å². The molecule has 0 saturated carbocycles. The van der Waals surface area contributed by atoms with Gasteiger partial charge in [-0.25, -0.2) is 8.78 Å². The molecule has 0 atom stereocenters. The van der Waals surface area contributed by atoms with E-state index in [1.165, 1.54) is 24.3 Å². The van der Waals surface area contributed by atoms with Crippen LogP contribution in [0.3, 0.4) is 0 Å². The summed E-state index contributed by atoms with van der Waals surface area (Å²) in [4.78, 5) is 0. The van der Waals surface area contributed by atoms with Crippen LogP contribution in [0.25, 0.3) is 22.3 Å². The van der Waals surface area contributed by atoms with Gasteiger partial charge in [0.05, 0.1) is 13.2 Å². The Morgan fingerprint density at radius 1 is 0.571 bits per heavy atom. The molecule has 0 aliphatic carbocycles. The molecule has 1 N–H and O–H groups in total. The van der Waals surface area contributed by atoms with Crippen molar-refractivity contribution in [2.75, 3.05) is 6.61 Å². The highest BCUT2D eigenvalue weighted by Crippen LogP contribution is 2.32. The van der Waals surface area contributed by atoms with Crippen LogP contribution in [0.5, 0.6) is 11.5 Å². The van der Waals surface area contributed by atoms with Crippen molar-refractivity contribution in [2.45, 2.75) is 20.1 Å². The Bertz CT molecular complexity index is 1320. The summed E-state index contributed by atoms with van der Waals surface area (Å²) in [5, 5.41) is 9.14. The minimum absolute atomic E-state index is 0.0514. The topological polar surface area (TPSA) is 38.7 Å². The predicted molar refractivity (Wildman–Crippen MR) is 125 cm³/mol. The van der Waals surface area contributed by atoms with Crippen molar-refractivity contribution < 1.29 is 32.1 Å². The summed E-state index contributed by atoms with van der Waals surface area (Å²) < 4.78 is 68.3. The Kier molecular flexibility index (Phi) is 7.36. The molecule has 0 radical (unpaired) electrons. The summed E-state index contributed by atoms with van der Waals surface area (Å²) in [6, 6.07) is 18.6. The van der Waals surface area contributed by atoms with Gasteiger partial charge in [-0.2, -0.15) is 8.78 Å². The standard InChI is InChI=1S/C28H22F4O3/c1-2-34-23-13-14-24(28(32)27(23)31)35-16-18-5-9-20(10-6-18)22-12-11-21(25(29)26(22)30)19-7-3-17(15-33)4-8-19/h3-14,33H,2,15-16H2,1H3. The number of hydrogen-bond acceptors (Lipinski definition) is 3. The largest absolute Gasteiger partial charge is 0.491 e. The predicted octanol–water partition coefficient (Wildman–Crippen LogP) is 7.05. The van der Waals surface area contributed by atoms with Crippen LogP contribution in [0.4, 0.5) is 17.6 Å². The molecule has 0 amide bonds. The number of rotatable bonds is 8. The van der Waals surface area contributed by atoms with Crippen molar-refractivity contribution in [2.24, 2.45) is 0 Å². The molecule has 4 aromatic rings. The van der Waals surface area contributed by atoms with Gasteiger partial charge in [-0.05, 0) is 41.3 Å². The van der Waals surface area contributed by atoms with Crippen LogP contribution in [0.1, 0.15) is 18.1 Å². The van der Waals surface area contributed by atoms with E-state index in [0.29, 0.717) is 22.3 Å². The van der Waals surface area contributed by atoms with E-state index in [0.717, 1.165) is 0 Å². The van der Waals surface area contributed by atoms with Gasteiger partial charge >= 0.3 is 0 Å². The fraction of sp³-hybridized carbons (Fsp3) is 0.143. The molecule has 0 spiro atoms. The van der Waals surface area contributed by atoms with Gasteiger partial charge in [0, 0.05) is 11.1 Å². The molecule has 0 aliphatic heterocycles. The lowest BCUT2D eigenvalue weighted by Crippen LogP contribution is -2.02. The number of aliphatic hydroxyl groups excluding tert-OH is 1. The molecule has 180 valence electrons. The zero-order chi connectivity index (χ0) is 24.9. The summed E-state index contributed by atoms with van der Waals surface area (Å²) in [5.41, 5.74) is 2.45. The smallest absolute Gasteiger partial charge is 0.204 e. The highest BCUT2D eigenvalue weighted by molar-refractivity contribution is 5.72. The zero-order valence-corrected chi connectivity index (χ0v) is 18.8. The van der Waals surface area contributed by atoms with E-state index in [2.05, 4.69) is 0 Å². The lowest BCUT2D eigenvalue weighted by atomic mass is 9.97. The van der Waals surface area contributed by atoms with Crippen molar-refractivity contribution in [3.8, 4) is 33.8 Å². The molecular weight excluding hydrogens is 460 g/mol. The van der Waals surface area contributed by atoms with E-state index in [9.17, 15) is 17.6 Å². The minimum Gasteiger partial charge on any atom is -0.491 e. The SMILES string of the molecule is CCOc1ccc(OCc2ccc(-c3ccc(-c4ccc(CO)cc4)c(F)c3F)cc2)c(F)c1F. The van der Waals surface area contributed by atoms with Crippen LogP contribution in [0, 0.1) is 23.3 Å². The summed E-state index contributed by atoms with van der Waals surface area (Å²) >= 11 is 0. The second-order valence-electron chi connectivity index (χ2n) is 7.75. The van der Waals surface area contributed by atoms with Gasteiger partial charge in [0.15, 0.2) is 23.1 Å². The van der Waals surface area contributed by atoms with Crippen molar-refractivity contribution in [1.82, 2.24) is 0 Å². The van der Waals surface area contributed by atoms with E-state index in [1.54, 1.807) is 55.5 Å². The molecule has 0 unspecified atom stereocenters. The molecular formula is C28H22F4O3. The van der Waals surface area contributed by atoms with Crippen LogP contribution in [-0.4, -0.2) is 11.7 Å². The normalized spacial score (nSPS) is 10.9. The third-order valence-corrected chi connectivity index (χ3v) is 5.50. The van der Waals surface area contributed by atoms with Gasteiger partial charge < -0.3 is 14.6 Å². The molecule has 0 saturated heterocycles.